The zero-order chi connectivity index (χ0) is 11.5. The highest BCUT2D eigenvalue weighted by Gasteiger charge is 2.45. The van der Waals surface area contributed by atoms with E-state index in [4.69, 9.17) is 5.11 Å². The molecule has 4 nitrogen and oxygen atoms in total. The van der Waals surface area contributed by atoms with Crippen LogP contribution in [0.2, 0.25) is 0 Å². The number of nitrogens with zero attached hydrogens (tertiary/aromatic N) is 1. The Balaban J connectivity index is 2.65. The molecule has 0 aromatic carbocycles. The summed E-state index contributed by atoms with van der Waals surface area (Å²) in [5, 5.41) is 8.50. The highest BCUT2D eigenvalue weighted by Crippen LogP contribution is 2.21. The second kappa shape index (κ2) is 4.26. The fourth-order valence-electron chi connectivity index (χ4n) is 0.713. The van der Waals surface area contributed by atoms with Crippen LogP contribution in [-0.4, -0.2) is 28.3 Å². The molecule has 0 saturated carbocycles. The van der Waals surface area contributed by atoms with Gasteiger partial charge in [0, 0.05) is 6.20 Å². The van der Waals surface area contributed by atoms with Gasteiger partial charge in [0.05, 0.1) is 6.20 Å². The van der Waals surface area contributed by atoms with E-state index in [1.165, 1.54) is 18.3 Å². The van der Waals surface area contributed by atoms with Crippen LogP contribution in [0.1, 0.15) is 0 Å². The van der Waals surface area contributed by atoms with Crippen LogP contribution in [0.5, 0.6) is 5.75 Å². The van der Waals surface area contributed by atoms with Gasteiger partial charge >= 0.3 is 12.1 Å². The molecule has 0 fully saturated rings. The molecular weight excluding hydrogens is 215 g/mol. The third kappa shape index (κ3) is 3.21. The summed E-state index contributed by atoms with van der Waals surface area (Å²) in [6.45, 7) is 0. The van der Waals surface area contributed by atoms with Crippen molar-refractivity contribution in [2.24, 2.45) is 0 Å². The van der Waals surface area contributed by atoms with Crippen molar-refractivity contribution in [2.75, 3.05) is 0 Å². The Morgan fingerprint density at radius 1 is 1.53 bits per heavy atom. The molecule has 0 saturated heterocycles. The van der Waals surface area contributed by atoms with E-state index in [-0.39, 0.29) is 5.75 Å². The molecule has 1 atom stereocenters. The minimum Gasteiger partial charge on any atom is -0.423 e. The van der Waals surface area contributed by atoms with E-state index in [0.717, 1.165) is 6.20 Å². The summed E-state index contributed by atoms with van der Waals surface area (Å²) in [7, 11) is 0. The largest absolute Gasteiger partial charge is 0.425 e. The van der Waals surface area contributed by atoms with Crippen LogP contribution < -0.4 is 4.74 Å². The number of pyridine rings is 1. The molecule has 0 radical (unpaired) electrons. The number of carbonyl (C=O) groups excluding carboxylic acids is 1. The molecule has 1 aromatic rings. The maximum absolute atomic E-state index is 11.8. The van der Waals surface area contributed by atoms with Gasteiger partial charge in [0.25, 0.3) is 0 Å². The number of hydrogen-bond donors (Lipinski definition) is 1. The van der Waals surface area contributed by atoms with Crippen LogP contribution in [0.15, 0.2) is 24.5 Å². The third-order valence-corrected chi connectivity index (χ3v) is 1.39. The molecule has 0 spiro atoms. The molecule has 0 amide bonds. The number of rotatable bonds is 2. The zero-order valence-corrected chi connectivity index (χ0v) is 7.23. The Labute approximate surface area is 82.3 Å². The number of aromatic nitrogens is 1. The van der Waals surface area contributed by atoms with Crippen molar-refractivity contribution in [1.29, 1.82) is 0 Å². The van der Waals surface area contributed by atoms with Crippen LogP contribution in [0.3, 0.4) is 0 Å². The van der Waals surface area contributed by atoms with Gasteiger partial charge < -0.3 is 9.84 Å². The van der Waals surface area contributed by atoms with Crippen molar-refractivity contribution in [3.05, 3.63) is 24.5 Å². The number of esters is 1. The van der Waals surface area contributed by atoms with Crippen molar-refractivity contribution in [3.8, 4) is 5.75 Å². The summed E-state index contributed by atoms with van der Waals surface area (Å²) in [6, 6.07) is 2.62. The lowest BCUT2D eigenvalue weighted by atomic mass is 10.3. The average Bonchev–Trinajstić information content (AvgIpc) is 2.16. The number of aliphatic hydroxyl groups is 1. The molecule has 1 heterocycles. The van der Waals surface area contributed by atoms with E-state index in [2.05, 4.69) is 9.72 Å². The minimum atomic E-state index is -5.03. The maximum atomic E-state index is 11.8. The first-order valence-electron chi connectivity index (χ1n) is 3.78. The molecule has 0 aliphatic rings. The van der Waals surface area contributed by atoms with Crippen molar-refractivity contribution in [2.45, 2.75) is 12.3 Å². The van der Waals surface area contributed by atoms with Crippen molar-refractivity contribution < 1.29 is 27.8 Å². The highest BCUT2D eigenvalue weighted by molar-refractivity contribution is 5.77. The molecule has 0 aliphatic heterocycles. The second-order valence-corrected chi connectivity index (χ2v) is 2.55. The van der Waals surface area contributed by atoms with Gasteiger partial charge in [-0.3, -0.25) is 4.98 Å². The standard InChI is InChI=1S/C8H6F3NO3/c9-8(10,11)6(13)7(14)15-5-2-1-3-12-4-5/h1-4,6,13H. The van der Waals surface area contributed by atoms with Gasteiger partial charge in [0.1, 0.15) is 5.75 Å². The average molecular weight is 221 g/mol. The number of carbonyl (C=O) groups is 1. The molecule has 1 rings (SSSR count). The molecular formula is C8H6F3NO3. The number of ether oxygens (including phenoxy) is 1. The first kappa shape index (κ1) is 11.4. The predicted octanol–water partition coefficient (Wildman–Crippen LogP) is 0.910. The van der Waals surface area contributed by atoms with Gasteiger partial charge in [0.15, 0.2) is 0 Å². The van der Waals surface area contributed by atoms with Gasteiger partial charge in [-0.1, -0.05) is 0 Å². The van der Waals surface area contributed by atoms with Crippen LogP contribution in [0.25, 0.3) is 0 Å². The summed E-state index contributed by atoms with van der Waals surface area (Å²) >= 11 is 0. The number of aliphatic hydroxyl groups excluding tert-OH is 1. The molecule has 0 aliphatic carbocycles. The van der Waals surface area contributed by atoms with Crippen molar-refractivity contribution >= 4 is 5.97 Å². The van der Waals surface area contributed by atoms with Gasteiger partial charge in [-0.25, -0.2) is 4.79 Å². The van der Waals surface area contributed by atoms with E-state index < -0.39 is 18.2 Å². The SMILES string of the molecule is O=C(Oc1cccnc1)C(O)C(F)(F)F. The number of hydrogen-bond acceptors (Lipinski definition) is 4. The lowest BCUT2D eigenvalue weighted by Crippen LogP contribution is -2.39. The van der Waals surface area contributed by atoms with Crippen molar-refractivity contribution in [1.82, 2.24) is 4.98 Å². The summed E-state index contributed by atoms with van der Waals surface area (Å²) in [5.74, 6) is -1.94. The van der Waals surface area contributed by atoms with Gasteiger partial charge in [0.2, 0.25) is 6.10 Å². The normalized spacial score (nSPS) is 13.3. The summed E-state index contributed by atoms with van der Waals surface area (Å²) in [4.78, 5) is 14.3. The Morgan fingerprint density at radius 3 is 2.67 bits per heavy atom. The summed E-state index contributed by atoms with van der Waals surface area (Å²) in [5.41, 5.74) is 0. The third-order valence-electron chi connectivity index (χ3n) is 1.39. The van der Waals surface area contributed by atoms with E-state index in [1.54, 1.807) is 0 Å². The van der Waals surface area contributed by atoms with E-state index in [9.17, 15) is 18.0 Å². The van der Waals surface area contributed by atoms with E-state index in [0.29, 0.717) is 0 Å². The molecule has 15 heavy (non-hydrogen) atoms. The Morgan fingerprint density at radius 2 is 2.20 bits per heavy atom. The summed E-state index contributed by atoms with van der Waals surface area (Å²) in [6.07, 6.45) is -5.75. The lowest BCUT2D eigenvalue weighted by Gasteiger charge is -2.12. The fourth-order valence-corrected chi connectivity index (χ4v) is 0.713. The van der Waals surface area contributed by atoms with Gasteiger partial charge in [-0.05, 0) is 12.1 Å². The van der Waals surface area contributed by atoms with E-state index >= 15 is 0 Å². The molecule has 1 unspecified atom stereocenters. The van der Waals surface area contributed by atoms with Crippen LogP contribution in [-0.2, 0) is 4.79 Å². The molecule has 82 valence electrons. The number of alkyl halides is 3. The minimum absolute atomic E-state index is 0.161. The Kier molecular flexibility index (Phi) is 3.25. The molecule has 7 heteroatoms. The summed E-state index contributed by atoms with van der Waals surface area (Å²) < 4.78 is 39.7. The Bertz CT molecular complexity index is 339. The van der Waals surface area contributed by atoms with Gasteiger partial charge in [-0.15, -0.1) is 0 Å². The predicted molar refractivity (Wildman–Crippen MR) is 41.9 cm³/mol. The van der Waals surface area contributed by atoms with Gasteiger partial charge in [-0.2, -0.15) is 13.2 Å². The second-order valence-electron chi connectivity index (χ2n) is 2.55. The van der Waals surface area contributed by atoms with Crippen LogP contribution in [0, 0.1) is 0 Å². The van der Waals surface area contributed by atoms with Crippen LogP contribution in [0.4, 0.5) is 13.2 Å². The van der Waals surface area contributed by atoms with Crippen LogP contribution >= 0.6 is 0 Å². The Hall–Kier alpha value is -1.63. The topological polar surface area (TPSA) is 59.4 Å². The highest BCUT2D eigenvalue weighted by atomic mass is 19.4. The van der Waals surface area contributed by atoms with Crippen molar-refractivity contribution in [3.63, 3.8) is 0 Å². The first-order chi connectivity index (χ1) is 6.91. The lowest BCUT2D eigenvalue weighted by molar-refractivity contribution is -0.212. The quantitative estimate of drug-likeness (QED) is 0.754. The maximum Gasteiger partial charge on any atom is 0.425 e. The molecule has 1 aromatic heterocycles. The fraction of sp³-hybridized carbons (Fsp3) is 0.250. The van der Waals surface area contributed by atoms with E-state index in [1.807, 2.05) is 0 Å². The molecule has 1 N–H and O–H groups in total. The smallest absolute Gasteiger partial charge is 0.423 e. The first-order valence-corrected chi connectivity index (χ1v) is 3.78. The number of halogens is 3. The molecule has 0 bridgehead atoms. The zero-order valence-electron chi connectivity index (χ0n) is 7.23. The monoisotopic (exact) mass is 221 g/mol.